The summed E-state index contributed by atoms with van der Waals surface area (Å²) >= 11 is 9.43. The Balaban J connectivity index is 2.17. The minimum absolute atomic E-state index is 0.0590. The molecule has 0 radical (unpaired) electrons. The van der Waals surface area contributed by atoms with E-state index in [9.17, 15) is 4.79 Å². The van der Waals surface area contributed by atoms with E-state index in [1.165, 1.54) is 0 Å². The van der Waals surface area contributed by atoms with E-state index in [2.05, 4.69) is 28.2 Å². The lowest BCUT2D eigenvalue weighted by Crippen LogP contribution is -2.51. The summed E-state index contributed by atoms with van der Waals surface area (Å²) in [5.74, 6) is 0.155. The summed E-state index contributed by atoms with van der Waals surface area (Å²) < 4.78 is 0.865. The highest BCUT2D eigenvalue weighted by Gasteiger charge is 2.29. The van der Waals surface area contributed by atoms with Gasteiger partial charge < -0.3 is 10.2 Å². The minimum atomic E-state index is -0.0590. The summed E-state index contributed by atoms with van der Waals surface area (Å²) in [6.45, 7) is 3.75. The van der Waals surface area contributed by atoms with Gasteiger partial charge in [-0.3, -0.25) is 4.79 Å². The summed E-state index contributed by atoms with van der Waals surface area (Å²) in [6, 6.07) is 5.48. The number of carbonyl (C=O) groups is 1. The predicted octanol–water partition coefficient (Wildman–Crippen LogP) is 3.60. The fourth-order valence-corrected chi connectivity index (χ4v) is 3.22. The van der Waals surface area contributed by atoms with Crippen molar-refractivity contribution in [2.24, 2.45) is 0 Å². The van der Waals surface area contributed by atoms with Crippen LogP contribution in [0, 0.1) is 0 Å². The largest absolute Gasteiger partial charge is 0.310 e. The molecule has 104 valence electrons. The maximum Gasteiger partial charge on any atom is 0.244 e. The van der Waals surface area contributed by atoms with Crippen molar-refractivity contribution in [2.75, 3.05) is 18.0 Å². The van der Waals surface area contributed by atoms with Gasteiger partial charge >= 0.3 is 0 Å². The van der Waals surface area contributed by atoms with Gasteiger partial charge in [-0.2, -0.15) is 0 Å². The molecule has 0 saturated carbocycles. The summed E-state index contributed by atoms with van der Waals surface area (Å²) in [5, 5.41) is 3.99. The number of piperidine rings is 1. The van der Waals surface area contributed by atoms with E-state index in [1.54, 1.807) is 0 Å². The molecule has 1 aliphatic heterocycles. The van der Waals surface area contributed by atoms with Crippen molar-refractivity contribution in [2.45, 2.75) is 32.2 Å². The topological polar surface area (TPSA) is 32.3 Å². The Morgan fingerprint density at radius 3 is 3.00 bits per heavy atom. The first-order chi connectivity index (χ1) is 9.13. The second-order valence-electron chi connectivity index (χ2n) is 4.73. The van der Waals surface area contributed by atoms with Crippen LogP contribution in [0.2, 0.25) is 5.02 Å². The van der Waals surface area contributed by atoms with E-state index in [4.69, 9.17) is 11.6 Å². The van der Waals surface area contributed by atoms with Crippen molar-refractivity contribution in [1.82, 2.24) is 5.32 Å². The first kappa shape index (κ1) is 14.8. The summed E-state index contributed by atoms with van der Waals surface area (Å²) in [6.07, 6.45) is 2.97. The smallest absolute Gasteiger partial charge is 0.244 e. The Morgan fingerprint density at radius 2 is 2.32 bits per heavy atom. The average Bonchev–Trinajstić information content (AvgIpc) is 2.38. The van der Waals surface area contributed by atoms with Crippen LogP contribution in [0.25, 0.3) is 0 Å². The summed E-state index contributed by atoms with van der Waals surface area (Å²) in [4.78, 5) is 14.3. The molecule has 0 spiro atoms. The number of carbonyl (C=O) groups excluding carboxylic acids is 1. The zero-order valence-corrected chi connectivity index (χ0v) is 13.3. The van der Waals surface area contributed by atoms with Gasteiger partial charge in [-0.15, -0.1) is 0 Å². The Morgan fingerprint density at radius 1 is 1.53 bits per heavy atom. The molecule has 1 unspecified atom stereocenters. The molecule has 1 aromatic rings. The van der Waals surface area contributed by atoms with Crippen molar-refractivity contribution >= 4 is 39.1 Å². The number of benzene rings is 1. The maximum atomic E-state index is 12.5. The van der Waals surface area contributed by atoms with Crippen molar-refractivity contribution in [3.8, 4) is 0 Å². The highest BCUT2D eigenvalue weighted by Crippen LogP contribution is 2.31. The van der Waals surface area contributed by atoms with Crippen LogP contribution in [0.3, 0.4) is 0 Å². The van der Waals surface area contributed by atoms with Gasteiger partial charge in [-0.25, -0.2) is 0 Å². The molecule has 1 atom stereocenters. The van der Waals surface area contributed by atoms with Crippen molar-refractivity contribution in [3.05, 3.63) is 27.7 Å². The van der Waals surface area contributed by atoms with Crippen LogP contribution in [0.5, 0.6) is 0 Å². The minimum Gasteiger partial charge on any atom is -0.310 e. The lowest BCUT2D eigenvalue weighted by atomic mass is 10.0. The first-order valence-corrected chi connectivity index (χ1v) is 7.80. The molecule has 1 heterocycles. The van der Waals surface area contributed by atoms with Crippen molar-refractivity contribution in [1.29, 1.82) is 0 Å². The lowest BCUT2D eigenvalue weighted by Gasteiger charge is -2.33. The van der Waals surface area contributed by atoms with Gasteiger partial charge in [0.15, 0.2) is 0 Å². The summed E-state index contributed by atoms with van der Waals surface area (Å²) in [5.41, 5.74) is 0.900. The van der Waals surface area contributed by atoms with Gasteiger partial charge in [0.25, 0.3) is 0 Å². The Bertz CT molecular complexity index is 467. The highest BCUT2D eigenvalue weighted by molar-refractivity contribution is 9.10. The molecule has 1 aromatic carbocycles. The average molecular weight is 346 g/mol. The molecule has 19 heavy (non-hydrogen) atoms. The zero-order chi connectivity index (χ0) is 13.8. The van der Waals surface area contributed by atoms with Crippen LogP contribution in [0.1, 0.15) is 26.2 Å². The molecule has 0 bridgehead atoms. The van der Waals surface area contributed by atoms with Crippen molar-refractivity contribution in [3.63, 3.8) is 0 Å². The quantitative estimate of drug-likeness (QED) is 0.904. The molecule has 3 nitrogen and oxygen atoms in total. The number of amides is 1. The van der Waals surface area contributed by atoms with E-state index >= 15 is 0 Å². The normalized spacial score (nSPS) is 19.8. The van der Waals surface area contributed by atoms with Crippen LogP contribution in [0.15, 0.2) is 22.7 Å². The summed E-state index contributed by atoms with van der Waals surface area (Å²) in [7, 11) is 0. The molecule has 1 N–H and O–H groups in total. The van der Waals surface area contributed by atoms with E-state index < -0.39 is 0 Å². The molecule has 2 rings (SSSR count). The standard InChI is InChI=1S/C14H18BrClN2O/c1-2-7-17-12-4-3-8-18(14(12)19)13-6-5-10(16)9-11(13)15/h5-6,9,12,17H,2-4,7-8H2,1H3. The maximum absolute atomic E-state index is 12.5. The third-order valence-corrected chi connectivity index (χ3v) is 4.15. The molecule has 0 aliphatic carbocycles. The van der Waals surface area contributed by atoms with E-state index in [-0.39, 0.29) is 11.9 Å². The molecular weight excluding hydrogens is 328 g/mol. The number of rotatable bonds is 4. The number of anilines is 1. The molecule has 0 aromatic heterocycles. The van der Waals surface area contributed by atoms with Crippen LogP contribution < -0.4 is 10.2 Å². The number of halogens is 2. The molecule has 1 saturated heterocycles. The zero-order valence-electron chi connectivity index (χ0n) is 11.0. The molecule has 1 aliphatic rings. The monoisotopic (exact) mass is 344 g/mol. The molecular formula is C14H18BrClN2O. The van der Waals surface area contributed by atoms with Gasteiger partial charge in [-0.1, -0.05) is 18.5 Å². The number of nitrogens with one attached hydrogen (secondary N) is 1. The van der Waals surface area contributed by atoms with Gasteiger partial charge in [-0.05, 0) is 59.9 Å². The fraction of sp³-hybridized carbons (Fsp3) is 0.500. The van der Waals surface area contributed by atoms with E-state index in [1.807, 2.05) is 23.1 Å². The van der Waals surface area contributed by atoms with Gasteiger partial charge in [0.05, 0.1) is 11.7 Å². The van der Waals surface area contributed by atoms with Crippen molar-refractivity contribution < 1.29 is 4.79 Å². The molecule has 1 fully saturated rings. The van der Waals surface area contributed by atoms with Crippen LogP contribution >= 0.6 is 27.5 Å². The highest BCUT2D eigenvalue weighted by atomic mass is 79.9. The van der Waals surface area contributed by atoms with Crippen LogP contribution in [-0.2, 0) is 4.79 Å². The van der Waals surface area contributed by atoms with Crippen LogP contribution in [-0.4, -0.2) is 25.0 Å². The van der Waals surface area contributed by atoms with E-state index in [0.29, 0.717) is 5.02 Å². The Labute approximate surface area is 127 Å². The lowest BCUT2D eigenvalue weighted by molar-refractivity contribution is -0.121. The first-order valence-electron chi connectivity index (χ1n) is 6.63. The number of hydrogen-bond acceptors (Lipinski definition) is 2. The van der Waals surface area contributed by atoms with Gasteiger partial charge in [0, 0.05) is 16.0 Å². The fourth-order valence-electron chi connectivity index (χ4n) is 2.32. The third kappa shape index (κ3) is 3.50. The third-order valence-electron chi connectivity index (χ3n) is 3.28. The Hall–Kier alpha value is -0.580. The second-order valence-corrected chi connectivity index (χ2v) is 6.03. The predicted molar refractivity (Wildman–Crippen MR) is 82.8 cm³/mol. The Kier molecular flexibility index (Phi) is 5.25. The van der Waals surface area contributed by atoms with E-state index in [0.717, 1.165) is 42.5 Å². The van der Waals surface area contributed by atoms with Gasteiger partial charge in [0.2, 0.25) is 5.91 Å². The number of nitrogens with zero attached hydrogens (tertiary/aromatic N) is 1. The molecule has 5 heteroatoms. The SMILES string of the molecule is CCCNC1CCCN(c2ccc(Cl)cc2Br)C1=O. The molecule has 1 amide bonds. The number of hydrogen-bond donors (Lipinski definition) is 1. The second kappa shape index (κ2) is 6.73. The van der Waals surface area contributed by atoms with Gasteiger partial charge in [0.1, 0.15) is 0 Å². The van der Waals surface area contributed by atoms with Crippen LogP contribution in [0.4, 0.5) is 5.69 Å².